The molecule has 0 atom stereocenters. The van der Waals surface area contributed by atoms with Crippen LogP contribution in [0, 0.1) is 0 Å². The van der Waals surface area contributed by atoms with Crippen molar-refractivity contribution in [3.63, 3.8) is 0 Å². The molecule has 1 aliphatic heterocycles. The van der Waals surface area contributed by atoms with Crippen LogP contribution in [-0.2, 0) is 0 Å². The van der Waals surface area contributed by atoms with Crippen molar-refractivity contribution < 1.29 is 4.74 Å². The minimum atomic E-state index is 0.756. The van der Waals surface area contributed by atoms with Crippen molar-refractivity contribution in [1.82, 2.24) is 9.88 Å². The monoisotopic (exact) mass is 268 g/mol. The second kappa shape index (κ2) is 6.53. The second-order valence-electron chi connectivity index (χ2n) is 5.14. The van der Waals surface area contributed by atoms with Crippen molar-refractivity contribution in [2.24, 2.45) is 0 Å². The Labute approximate surface area is 120 Å². The molecule has 0 radical (unpaired) electrons. The van der Waals surface area contributed by atoms with Crippen molar-refractivity contribution in [3.8, 4) is 17.0 Å². The van der Waals surface area contributed by atoms with E-state index in [0.717, 1.165) is 30.2 Å². The van der Waals surface area contributed by atoms with E-state index in [1.165, 1.54) is 25.9 Å². The summed E-state index contributed by atoms with van der Waals surface area (Å²) in [6.07, 6.45) is 4.47. The number of nitrogens with zero attached hydrogens (tertiary/aromatic N) is 2. The molecule has 0 N–H and O–H groups in total. The summed E-state index contributed by atoms with van der Waals surface area (Å²) in [6, 6.07) is 14.1. The largest absolute Gasteiger partial charge is 0.492 e. The third-order valence-corrected chi connectivity index (χ3v) is 3.67. The van der Waals surface area contributed by atoms with Gasteiger partial charge in [0.1, 0.15) is 12.4 Å². The molecule has 1 aromatic heterocycles. The second-order valence-corrected chi connectivity index (χ2v) is 5.14. The number of pyridine rings is 1. The first-order valence-electron chi connectivity index (χ1n) is 7.28. The molecule has 1 aromatic carbocycles. The minimum absolute atomic E-state index is 0.756. The minimum Gasteiger partial charge on any atom is -0.492 e. The Morgan fingerprint density at radius 1 is 1.05 bits per heavy atom. The van der Waals surface area contributed by atoms with Crippen LogP contribution in [0.1, 0.15) is 12.8 Å². The lowest BCUT2D eigenvalue weighted by atomic mass is 10.1. The van der Waals surface area contributed by atoms with E-state index in [4.69, 9.17) is 4.74 Å². The van der Waals surface area contributed by atoms with E-state index in [1.807, 2.05) is 36.5 Å². The van der Waals surface area contributed by atoms with Gasteiger partial charge in [-0.2, -0.15) is 0 Å². The Kier molecular flexibility index (Phi) is 4.28. The topological polar surface area (TPSA) is 25.4 Å². The fourth-order valence-electron chi connectivity index (χ4n) is 2.58. The van der Waals surface area contributed by atoms with Crippen LogP contribution in [0.5, 0.6) is 5.75 Å². The van der Waals surface area contributed by atoms with E-state index < -0.39 is 0 Å². The summed E-state index contributed by atoms with van der Waals surface area (Å²) in [5, 5.41) is 0. The van der Waals surface area contributed by atoms with Crippen molar-refractivity contribution in [1.29, 1.82) is 0 Å². The summed E-state index contributed by atoms with van der Waals surface area (Å²) in [6.45, 7) is 4.22. The van der Waals surface area contributed by atoms with Crippen LogP contribution in [0.15, 0.2) is 48.7 Å². The van der Waals surface area contributed by atoms with Crippen molar-refractivity contribution in [3.05, 3.63) is 48.7 Å². The molecule has 3 nitrogen and oxygen atoms in total. The number of ether oxygens (including phenoxy) is 1. The van der Waals surface area contributed by atoms with Gasteiger partial charge in [-0.3, -0.25) is 9.88 Å². The lowest BCUT2D eigenvalue weighted by Gasteiger charge is -2.15. The molecule has 2 heterocycles. The number of benzene rings is 1. The molecule has 1 saturated heterocycles. The zero-order chi connectivity index (χ0) is 13.6. The number of hydrogen-bond donors (Lipinski definition) is 0. The van der Waals surface area contributed by atoms with E-state index >= 15 is 0 Å². The Balaban J connectivity index is 1.59. The number of hydrogen-bond acceptors (Lipinski definition) is 3. The standard InChI is InChI=1S/C17H20N2O/c1-2-9-18-17(8-1)15-6-5-7-16(14-15)20-13-12-19-10-3-4-11-19/h1-2,5-9,14H,3-4,10-13H2. The van der Waals surface area contributed by atoms with Crippen LogP contribution in [0.4, 0.5) is 0 Å². The van der Waals surface area contributed by atoms with Crippen LogP contribution < -0.4 is 4.74 Å². The Bertz CT molecular complexity index is 536. The molecule has 1 fully saturated rings. The molecule has 1 aliphatic rings. The smallest absolute Gasteiger partial charge is 0.120 e. The van der Waals surface area contributed by atoms with E-state index in [9.17, 15) is 0 Å². The zero-order valence-electron chi connectivity index (χ0n) is 11.7. The normalized spacial score (nSPS) is 15.4. The van der Waals surface area contributed by atoms with Gasteiger partial charge >= 0.3 is 0 Å². The average molecular weight is 268 g/mol. The van der Waals surface area contributed by atoms with Crippen LogP contribution in [0.2, 0.25) is 0 Å². The van der Waals surface area contributed by atoms with E-state index in [2.05, 4.69) is 22.0 Å². The highest BCUT2D eigenvalue weighted by Crippen LogP contribution is 2.21. The van der Waals surface area contributed by atoms with Gasteiger partial charge in [-0.15, -0.1) is 0 Å². The van der Waals surface area contributed by atoms with Gasteiger partial charge in [0.05, 0.1) is 5.69 Å². The summed E-state index contributed by atoms with van der Waals surface area (Å²) in [5.41, 5.74) is 2.08. The van der Waals surface area contributed by atoms with Crippen molar-refractivity contribution in [2.45, 2.75) is 12.8 Å². The van der Waals surface area contributed by atoms with Gasteiger partial charge < -0.3 is 4.74 Å². The van der Waals surface area contributed by atoms with Gasteiger partial charge in [0.15, 0.2) is 0 Å². The van der Waals surface area contributed by atoms with Gasteiger partial charge in [0.25, 0.3) is 0 Å². The first-order chi connectivity index (χ1) is 9.92. The van der Waals surface area contributed by atoms with Gasteiger partial charge in [0, 0.05) is 18.3 Å². The molecule has 20 heavy (non-hydrogen) atoms. The lowest BCUT2D eigenvalue weighted by Crippen LogP contribution is -2.25. The summed E-state index contributed by atoms with van der Waals surface area (Å²) >= 11 is 0. The molecule has 2 aromatic rings. The maximum atomic E-state index is 5.86. The number of rotatable bonds is 5. The molecule has 0 aliphatic carbocycles. The highest BCUT2D eigenvalue weighted by molar-refractivity contribution is 5.60. The third-order valence-electron chi connectivity index (χ3n) is 3.67. The Morgan fingerprint density at radius 3 is 2.75 bits per heavy atom. The lowest BCUT2D eigenvalue weighted by molar-refractivity contribution is 0.238. The van der Waals surface area contributed by atoms with Gasteiger partial charge in [-0.05, 0) is 50.2 Å². The van der Waals surface area contributed by atoms with Gasteiger partial charge in [0.2, 0.25) is 0 Å². The summed E-state index contributed by atoms with van der Waals surface area (Å²) in [7, 11) is 0. The van der Waals surface area contributed by atoms with E-state index in [-0.39, 0.29) is 0 Å². The molecular weight excluding hydrogens is 248 g/mol. The molecule has 3 heteroatoms. The maximum absolute atomic E-state index is 5.86. The number of likely N-dealkylation sites (tertiary alicyclic amines) is 1. The third kappa shape index (κ3) is 3.36. The Morgan fingerprint density at radius 2 is 1.95 bits per heavy atom. The molecule has 0 unspecified atom stereocenters. The first kappa shape index (κ1) is 13.1. The summed E-state index contributed by atoms with van der Waals surface area (Å²) in [5.74, 6) is 0.923. The average Bonchev–Trinajstić information content (AvgIpc) is 3.02. The van der Waals surface area contributed by atoms with Gasteiger partial charge in [-0.25, -0.2) is 0 Å². The SMILES string of the molecule is c1ccc(-c2cccc(OCCN3CCCC3)c2)nc1. The fourth-order valence-corrected chi connectivity index (χ4v) is 2.58. The molecule has 0 amide bonds. The highest BCUT2D eigenvalue weighted by atomic mass is 16.5. The molecule has 0 saturated carbocycles. The van der Waals surface area contributed by atoms with Crippen LogP contribution >= 0.6 is 0 Å². The highest BCUT2D eigenvalue weighted by Gasteiger charge is 2.10. The predicted octanol–water partition coefficient (Wildman–Crippen LogP) is 3.22. The van der Waals surface area contributed by atoms with E-state index in [1.54, 1.807) is 0 Å². The molecule has 104 valence electrons. The van der Waals surface area contributed by atoms with Crippen molar-refractivity contribution >= 4 is 0 Å². The molecular formula is C17H20N2O. The van der Waals surface area contributed by atoms with Crippen molar-refractivity contribution in [2.75, 3.05) is 26.2 Å². The summed E-state index contributed by atoms with van der Waals surface area (Å²) < 4.78 is 5.86. The number of aromatic nitrogens is 1. The molecule has 0 bridgehead atoms. The van der Waals surface area contributed by atoms with Gasteiger partial charge in [-0.1, -0.05) is 18.2 Å². The first-order valence-corrected chi connectivity index (χ1v) is 7.28. The summed E-state index contributed by atoms with van der Waals surface area (Å²) in [4.78, 5) is 6.83. The Hall–Kier alpha value is -1.87. The van der Waals surface area contributed by atoms with E-state index in [0.29, 0.717) is 0 Å². The quantitative estimate of drug-likeness (QED) is 0.832. The predicted molar refractivity (Wildman–Crippen MR) is 80.8 cm³/mol. The zero-order valence-corrected chi connectivity index (χ0v) is 11.7. The van der Waals surface area contributed by atoms with Crippen LogP contribution in [-0.4, -0.2) is 36.1 Å². The van der Waals surface area contributed by atoms with Crippen LogP contribution in [0.3, 0.4) is 0 Å². The fraction of sp³-hybridized carbons (Fsp3) is 0.353. The maximum Gasteiger partial charge on any atom is 0.120 e. The van der Waals surface area contributed by atoms with Crippen LogP contribution in [0.25, 0.3) is 11.3 Å². The molecule has 0 spiro atoms. The molecule has 3 rings (SSSR count).